The summed E-state index contributed by atoms with van der Waals surface area (Å²) in [6.45, 7) is 0. The molecule has 1 aliphatic rings. The number of alkyl halides is 1. The van der Waals surface area contributed by atoms with Crippen molar-refractivity contribution in [2.45, 2.75) is 25.0 Å². The molecule has 2 nitrogen and oxygen atoms in total. The number of rotatable bonds is 6. The predicted molar refractivity (Wildman–Crippen MR) is 105 cm³/mol. The molecule has 4 rings (SSSR count). The Kier molecular flexibility index (Phi) is 4.85. The predicted octanol–water partition coefficient (Wildman–Crippen LogP) is 5.92. The summed E-state index contributed by atoms with van der Waals surface area (Å²) in [4.78, 5) is 0. The van der Waals surface area contributed by atoms with Crippen LogP contribution in [0.15, 0.2) is 78.9 Å². The van der Waals surface area contributed by atoms with E-state index in [1.807, 2.05) is 72.8 Å². The van der Waals surface area contributed by atoms with Gasteiger partial charge in [-0.2, -0.15) is 0 Å². The molecule has 0 unspecified atom stereocenters. The minimum Gasteiger partial charge on any atom is -0.440 e. The van der Waals surface area contributed by atoms with Gasteiger partial charge in [0.25, 0.3) is 0 Å². The van der Waals surface area contributed by atoms with E-state index in [-0.39, 0.29) is 0 Å². The lowest BCUT2D eigenvalue weighted by atomic mass is 9.97. The molecule has 0 amide bonds. The number of para-hydroxylation sites is 1. The van der Waals surface area contributed by atoms with E-state index in [9.17, 15) is 0 Å². The Labute approximate surface area is 159 Å². The van der Waals surface area contributed by atoms with E-state index in [1.54, 1.807) is 0 Å². The molecule has 3 heteroatoms. The molecule has 0 aromatic heterocycles. The van der Waals surface area contributed by atoms with Crippen LogP contribution in [0.4, 0.5) is 0 Å². The Bertz CT molecular complexity index is 822. The summed E-state index contributed by atoms with van der Waals surface area (Å²) in [6, 6.07) is 26.4. The summed E-state index contributed by atoms with van der Waals surface area (Å²) in [5.74, 6) is 1.37. The lowest BCUT2D eigenvalue weighted by Crippen LogP contribution is -2.36. The highest BCUT2D eigenvalue weighted by Gasteiger charge is 2.45. The van der Waals surface area contributed by atoms with Crippen LogP contribution in [-0.2, 0) is 12.2 Å². The molecule has 0 bridgehead atoms. The van der Waals surface area contributed by atoms with Gasteiger partial charge in [-0.3, -0.25) is 0 Å². The highest BCUT2D eigenvalue weighted by Crippen LogP contribution is 2.49. The Morgan fingerprint density at radius 2 is 1.35 bits per heavy atom. The van der Waals surface area contributed by atoms with Gasteiger partial charge in [-0.05, 0) is 30.9 Å². The van der Waals surface area contributed by atoms with E-state index < -0.39 is 5.79 Å². The molecule has 0 radical (unpaired) electrons. The molecule has 0 saturated heterocycles. The van der Waals surface area contributed by atoms with Crippen LogP contribution in [0.2, 0.25) is 0 Å². The normalized spacial score (nSPS) is 14.3. The van der Waals surface area contributed by atoms with Crippen LogP contribution < -0.4 is 9.47 Å². The first-order chi connectivity index (χ1) is 12.8. The Hall–Kier alpha value is -2.45. The van der Waals surface area contributed by atoms with Gasteiger partial charge >= 0.3 is 5.79 Å². The first-order valence-electron chi connectivity index (χ1n) is 9.00. The molecule has 0 N–H and O–H groups in total. The van der Waals surface area contributed by atoms with Gasteiger partial charge in [0.1, 0.15) is 0 Å². The standard InChI is InChI=1S/C23H21ClO2/c24-17-8-7-10-18-11-9-16-21-22(18)26-23(25-21,19-12-3-1-4-13-19)20-14-5-2-6-15-20/h1-6,9,11-16H,7-8,10,17H2. The van der Waals surface area contributed by atoms with Gasteiger partial charge in [0.2, 0.25) is 0 Å². The number of halogens is 1. The van der Waals surface area contributed by atoms with Gasteiger partial charge in [-0.25, -0.2) is 0 Å². The van der Waals surface area contributed by atoms with Gasteiger partial charge in [-0.15, -0.1) is 11.6 Å². The van der Waals surface area contributed by atoms with Gasteiger partial charge in [-0.1, -0.05) is 72.8 Å². The average Bonchev–Trinajstić information content (AvgIpc) is 3.11. The zero-order valence-electron chi connectivity index (χ0n) is 14.5. The van der Waals surface area contributed by atoms with E-state index in [2.05, 4.69) is 6.07 Å². The summed E-state index contributed by atoms with van der Waals surface area (Å²) in [7, 11) is 0. The summed E-state index contributed by atoms with van der Waals surface area (Å²) in [5, 5.41) is 0. The van der Waals surface area contributed by atoms with Crippen LogP contribution in [0.1, 0.15) is 29.5 Å². The Morgan fingerprint density at radius 1 is 0.692 bits per heavy atom. The molecule has 1 aliphatic heterocycles. The van der Waals surface area contributed by atoms with Crippen LogP contribution in [-0.4, -0.2) is 5.88 Å². The summed E-state index contributed by atoms with van der Waals surface area (Å²) in [6.07, 6.45) is 2.96. The molecular weight excluding hydrogens is 344 g/mol. The maximum Gasteiger partial charge on any atom is 0.305 e. The lowest BCUT2D eigenvalue weighted by Gasteiger charge is -2.28. The van der Waals surface area contributed by atoms with E-state index in [0.717, 1.165) is 41.9 Å². The maximum atomic E-state index is 6.57. The maximum absolute atomic E-state index is 6.57. The molecule has 132 valence electrons. The van der Waals surface area contributed by atoms with E-state index >= 15 is 0 Å². The topological polar surface area (TPSA) is 18.5 Å². The second-order valence-electron chi connectivity index (χ2n) is 6.44. The van der Waals surface area contributed by atoms with Crippen molar-refractivity contribution in [1.82, 2.24) is 0 Å². The van der Waals surface area contributed by atoms with Crippen molar-refractivity contribution in [2.75, 3.05) is 5.88 Å². The SMILES string of the molecule is ClCCCCc1cccc2c1OC(c1ccccc1)(c1ccccc1)O2. The Morgan fingerprint density at radius 3 is 1.96 bits per heavy atom. The quantitative estimate of drug-likeness (QED) is 0.399. The molecule has 3 aromatic rings. The number of unbranched alkanes of at least 4 members (excludes halogenated alkanes) is 1. The van der Waals surface area contributed by atoms with Crippen molar-refractivity contribution >= 4 is 11.6 Å². The van der Waals surface area contributed by atoms with Crippen LogP contribution in [0.25, 0.3) is 0 Å². The molecule has 0 spiro atoms. The molecule has 26 heavy (non-hydrogen) atoms. The van der Waals surface area contributed by atoms with E-state index in [0.29, 0.717) is 5.88 Å². The zero-order valence-corrected chi connectivity index (χ0v) is 15.3. The first kappa shape index (κ1) is 17.0. The monoisotopic (exact) mass is 364 g/mol. The molecule has 0 aliphatic carbocycles. The minimum atomic E-state index is -0.951. The van der Waals surface area contributed by atoms with Crippen molar-refractivity contribution in [3.8, 4) is 11.5 Å². The number of benzene rings is 3. The largest absolute Gasteiger partial charge is 0.440 e. The Balaban J connectivity index is 1.77. The van der Waals surface area contributed by atoms with Crippen LogP contribution in [0.5, 0.6) is 11.5 Å². The summed E-state index contributed by atoms with van der Waals surface area (Å²) >= 11 is 5.83. The fraction of sp³-hybridized carbons (Fsp3) is 0.217. The second-order valence-corrected chi connectivity index (χ2v) is 6.82. The fourth-order valence-electron chi connectivity index (χ4n) is 3.40. The number of hydrogen-bond acceptors (Lipinski definition) is 2. The fourth-order valence-corrected chi connectivity index (χ4v) is 3.59. The molecule has 0 atom stereocenters. The average molecular weight is 365 g/mol. The number of aryl methyl sites for hydroxylation is 1. The van der Waals surface area contributed by atoms with Gasteiger partial charge in [0, 0.05) is 17.0 Å². The third-order valence-electron chi connectivity index (χ3n) is 4.70. The highest BCUT2D eigenvalue weighted by atomic mass is 35.5. The van der Waals surface area contributed by atoms with E-state index in [4.69, 9.17) is 21.1 Å². The van der Waals surface area contributed by atoms with Gasteiger partial charge in [0.15, 0.2) is 11.5 Å². The minimum absolute atomic E-state index is 0.685. The summed E-state index contributed by atoms with van der Waals surface area (Å²) in [5.41, 5.74) is 3.13. The first-order valence-corrected chi connectivity index (χ1v) is 9.54. The second kappa shape index (κ2) is 7.43. The third-order valence-corrected chi connectivity index (χ3v) is 4.96. The summed E-state index contributed by atoms with van der Waals surface area (Å²) < 4.78 is 13.0. The smallest absolute Gasteiger partial charge is 0.305 e. The van der Waals surface area contributed by atoms with Crippen molar-refractivity contribution in [1.29, 1.82) is 0 Å². The third kappa shape index (κ3) is 3.06. The lowest BCUT2D eigenvalue weighted by molar-refractivity contribution is -0.0462. The van der Waals surface area contributed by atoms with Crippen LogP contribution in [0, 0.1) is 0 Å². The number of fused-ring (bicyclic) bond motifs is 1. The van der Waals surface area contributed by atoms with Crippen molar-refractivity contribution in [2.24, 2.45) is 0 Å². The molecule has 1 heterocycles. The molecular formula is C23H21ClO2. The molecule has 0 saturated carbocycles. The van der Waals surface area contributed by atoms with Crippen molar-refractivity contribution < 1.29 is 9.47 Å². The van der Waals surface area contributed by atoms with E-state index in [1.165, 1.54) is 5.56 Å². The van der Waals surface area contributed by atoms with Crippen molar-refractivity contribution in [3.05, 3.63) is 95.6 Å². The molecule has 0 fully saturated rings. The highest BCUT2D eigenvalue weighted by molar-refractivity contribution is 6.17. The zero-order chi connectivity index (χ0) is 17.8. The van der Waals surface area contributed by atoms with Crippen molar-refractivity contribution in [3.63, 3.8) is 0 Å². The van der Waals surface area contributed by atoms with Crippen LogP contribution in [0.3, 0.4) is 0 Å². The van der Waals surface area contributed by atoms with Gasteiger partial charge < -0.3 is 9.47 Å². The van der Waals surface area contributed by atoms with Crippen LogP contribution >= 0.6 is 11.6 Å². The molecule has 3 aromatic carbocycles. The number of ether oxygens (including phenoxy) is 2. The number of hydrogen-bond donors (Lipinski definition) is 0. The van der Waals surface area contributed by atoms with Gasteiger partial charge in [0.05, 0.1) is 0 Å².